The largest absolute Gasteiger partial charge is 0.370 e. The summed E-state index contributed by atoms with van der Waals surface area (Å²) in [5.41, 5.74) is 18.8. The van der Waals surface area contributed by atoms with Gasteiger partial charge in [-0.25, -0.2) is 21.3 Å². The third-order valence-corrected chi connectivity index (χ3v) is 19.3. The van der Waals surface area contributed by atoms with Gasteiger partial charge in [-0.2, -0.15) is 15.3 Å². The molecular weight excluding hydrogens is 1290 g/mol. The second kappa shape index (κ2) is 63.8. The van der Waals surface area contributed by atoms with Gasteiger partial charge in [-0.05, 0) is 51.4 Å². The lowest BCUT2D eigenvalue weighted by Gasteiger charge is -2.21. The molecule has 0 bridgehead atoms. The van der Waals surface area contributed by atoms with Gasteiger partial charge in [-0.3, -0.25) is 47.9 Å². The topological polar surface area (TPSA) is 392 Å². The Morgan fingerprint density at radius 3 is 0.967 bits per heavy atom. The number of hydrazone groups is 3. The van der Waals surface area contributed by atoms with Crippen molar-refractivity contribution in [1.29, 1.82) is 0 Å². The van der Waals surface area contributed by atoms with E-state index in [0.717, 1.165) is 57.8 Å². The Morgan fingerprint density at radius 1 is 0.352 bits per heavy atom. The summed E-state index contributed by atoms with van der Waals surface area (Å²) in [5, 5.41) is 30.6. The molecule has 14 N–H and O–H groups in total. The first-order chi connectivity index (χ1) is 44.1. The third-order valence-electron chi connectivity index (χ3n) is 12.9. The molecule has 0 aliphatic heterocycles. The van der Waals surface area contributed by atoms with Crippen LogP contribution in [0.15, 0.2) is 20.3 Å². The molecule has 520 valence electrons. The van der Waals surface area contributed by atoms with E-state index in [4.69, 9.17) is 11.5 Å². The van der Waals surface area contributed by atoms with E-state index in [0.29, 0.717) is 0 Å². The van der Waals surface area contributed by atoms with E-state index >= 15 is 0 Å². The molecule has 0 spiro atoms. The smallest absolute Gasteiger partial charge is 0.250 e. The standard InChI is InChI=1S/C59H108N16O10S6/c1-4-7-10-13-16-19-22-25-32-68-73-54(81)44-89-86-41-51(78)64-37-35-62-49(76)30-28-47(57(84)67-40-39-66-53(80)43-88-91-46-56(83)75-70-34-27-24-21-18-15-12-9-6-3)71-58(85)48(72-59(60)61)29-31-50(77)63-36-38-65-52(79)42-87-90-45-55(82)74-69-33-26-23-20-17-14-11-8-5-2/h32-34,47-48H,4-31,35-46H2,1-3H3,(H,62,76)(H,63,77)(H,64,78)(H,65,79)(H,66,80)(H,67,84)(H,71,85)(H,73,81)(H,74,82)(H,75,83)(H4,60,61,72)/b68-32-,69-33-,70-34-/t47-,48-/m0/s1. The molecule has 0 aliphatic rings. The summed E-state index contributed by atoms with van der Waals surface area (Å²) in [6, 6.07) is -2.63. The number of amides is 10. The first kappa shape index (κ1) is 86.1. The quantitative estimate of drug-likeness (QED) is 0.0105. The Bertz CT molecular complexity index is 2150. The van der Waals surface area contributed by atoms with Gasteiger partial charge in [0.2, 0.25) is 41.4 Å². The van der Waals surface area contributed by atoms with Crippen molar-refractivity contribution < 1.29 is 47.9 Å². The highest BCUT2D eigenvalue weighted by atomic mass is 33.1. The zero-order chi connectivity index (χ0) is 67.1. The molecule has 0 saturated carbocycles. The monoisotopic (exact) mass is 1390 g/mol. The van der Waals surface area contributed by atoms with Crippen LogP contribution in [-0.4, -0.2) is 170 Å². The van der Waals surface area contributed by atoms with Gasteiger partial charge in [0.05, 0.1) is 34.5 Å². The van der Waals surface area contributed by atoms with Crippen molar-refractivity contribution in [2.75, 3.05) is 73.8 Å². The molecule has 2 atom stereocenters. The van der Waals surface area contributed by atoms with Crippen LogP contribution in [0, 0.1) is 0 Å². The molecule has 0 rings (SSSR count). The maximum atomic E-state index is 13.7. The minimum atomic E-state index is -1.33. The summed E-state index contributed by atoms with van der Waals surface area (Å²) < 4.78 is 0. The van der Waals surface area contributed by atoms with Crippen molar-refractivity contribution in [3.8, 4) is 0 Å². The molecule has 91 heavy (non-hydrogen) atoms. The number of carbonyl (C=O) groups excluding carboxylic acids is 10. The molecule has 32 heteroatoms. The van der Waals surface area contributed by atoms with Crippen LogP contribution >= 0.6 is 64.8 Å². The molecule has 0 saturated heterocycles. The molecular formula is C59H108N16O10S6. The van der Waals surface area contributed by atoms with Gasteiger partial charge < -0.3 is 48.7 Å². The summed E-state index contributed by atoms with van der Waals surface area (Å²) in [6.45, 7) is 6.86. The fraction of sp³-hybridized carbons (Fsp3) is 0.763. The van der Waals surface area contributed by atoms with Gasteiger partial charge in [0.1, 0.15) is 12.1 Å². The van der Waals surface area contributed by atoms with Crippen LogP contribution in [0.5, 0.6) is 0 Å². The third kappa shape index (κ3) is 59.8. The van der Waals surface area contributed by atoms with Crippen molar-refractivity contribution in [2.45, 2.75) is 213 Å². The van der Waals surface area contributed by atoms with E-state index in [-0.39, 0.29) is 135 Å². The fourth-order valence-electron chi connectivity index (χ4n) is 7.96. The Balaban J connectivity index is 5.12. The lowest BCUT2D eigenvalue weighted by molar-refractivity contribution is -0.130. The number of nitrogens with zero attached hydrogens (tertiary/aromatic N) is 4. The number of nitrogens with one attached hydrogen (secondary N) is 10. The van der Waals surface area contributed by atoms with Crippen LogP contribution in [0.3, 0.4) is 0 Å². The second-order valence-corrected chi connectivity index (χ2v) is 28.5. The number of hydrogen-bond acceptors (Lipinski definition) is 20. The van der Waals surface area contributed by atoms with Gasteiger partial charge in [-0.15, -0.1) is 0 Å². The van der Waals surface area contributed by atoms with Gasteiger partial charge >= 0.3 is 0 Å². The predicted octanol–water partition coefficient (Wildman–Crippen LogP) is 6.24. The maximum Gasteiger partial charge on any atom is 0.250 e. The van der Waals surface area contributed by atoms with E-state index in [1.165, 1.54) is 161 Å². The van der Waals surface area contributed by atoms with Crippen LogP contribution in [0.1, 0.15) is 201 Å². The van der Waals surface area contributed by atoms with Crippen LogP contribution in [0.4, 0.5) is 0 Å². The van der Waals surface area contributed by atoms with Crippen LogP contribution in [0.25, 0.3) is 0 Å². The SMILES string of the molecule is CCCCCCCCC/C=N\NC(=O)CSSCC(=O)NCCNC(=O)CC[C@H](N=C(N)N)C(=O)N[C@@H](CCC(=O)NCCNC(=O)CSSCC(=O)N/N=C\CCCCCCCCC)C(=O)NCCNC(=O)CSSCC(=O)N/N=C\CCCCCCCCC. The Labute approximate surface area is 564 Å². The molecule has 0 aromatic carbocycles. The molecule has 0 aromatic heterocycles. The number of aliphatic imine (C=N–C) groups is 1. The normalized spacial score (nSPS) is 11.8. The number of rotatable bonds is 61. The molecule has 10 amide bonds. The molecule has 26 nitrogen and oxygen atoms in total. The van der Waals surface area contributed by atoms with Crippen LogP contribution < -0.4 is 65.0 Å². The summed E-state index contributed by atoms with van der Waals surface area (Å²) in [6.07, 6.45) is 31.7. The number of nitrogens with two attached hydrogens (primary N) is 2. The van der Waals surface area contributed by atoms with Crippen molar-refractivity contribution in [3.05, 3.63) is 0 Å². The summed E-state index contributed by atoms with van der Waals surface area (Å²) >= 11 is 0. The van der Waals surface area contributed by atoms with E-state index in [2.05, 4.69) is 94.6 Å². The number of unbranched alkanes of at least 4 members (excludes halogenated alkanes) is 21. The van der Waals surface area contributed by atoms with Crippen LogP contribution in [0.2, 0.25) is 0 Å². The first-order valence-corrected chi connectivity index (χ1v) is 39.7. The lowest BCUT2D eigenvalue weighted by atomic mass is 10.1. The van der Waals surface area contributed by atoms with E-state index in [1.807, 2.05) is 0 Å². The molecule has 0 radical (unpaired) electrons. The Morgan fingerprint density at radius 2 is 0.637 bits per heavy atom. The average molecular weight is 1390 g/mol. The highest BCUT2D eigenvalue weighted by molar-refractivity contribution is 8.77. The first-order valence-electron chi connectivity index (χ1n) is 32.3. The maximum absolute atomic E-state index is 13.7. The molecule has 0 unspecified atom stereocenters. The summed E-state index contributed by atoms with van der Waals surface area (Å²) in [5.74, 6) is -4.29. The molecule has 0 aliphatic carbocycles. The summed E-state index contributed by atoms with van der Waals surface area (Å²) in [4.78, 5) is 131. The molecule has 0 aromatic rings. The minimum absolute atomic E-state index is 0.0149. The lowest BCUT2D eigenvalue weighted by Crippen LogP contribution is -2.51. The van der Waals surface area contributed by atoms with Crippen molar-refractivity contribution in [3.63, 3.8) is 0 Å². The molecule has 0 fully saturated rings. The predicted molar refractivity (Wildman–Crippen MR) is 381 cm³/mol. The Kier molecular flexibility index (Phi) is 60.4. The fourth-order valence-corrected chi connectivity index (χ4v) is 13.0. The number of hydrogen-bond donors (Lipinski definition) is 12. The Hall–Kier alpha value is -4.92. The van der Waals surface area contributed by atoms with Crippen molar-refractivity contribution >= 4 is 148 Å². The summed E-state index contributed by atoms with van der Waals surface area (Å²) in [7, 11) is 7.19. The number of carbonyl (C=O) groups is 10. The van der Waals surface area contributed by atoms with Crippen molar-refractivity contribution in [2.24, 2.45) is 31.8 Å². The average Bonchev–Trinajstić information content (AvgIpc) is 3.70. The van der Waals surface area contributed by atoms with E-state index in [1.54, 1.807) is 18.6 Å². The highest BCUT2D eigenvalue weighted by Gasteiger charge is 2.27. The highest BCUT2D eigenvalue weighted by Crippen LogP contribution is 2.22. The van der Waals surface area contributed by atoms with E-state index < -0.39 is 41.7 Å². The van der Waals surface area contributed by atoms with Gasteiger partial charge in [0.25, 0.3) is 17.7 Å². The van der Waals surface area contributed by atoms with Gasteiger partial charge in [0.15, 0.2) is 5.96 Å². The second-order valence-electron chi connectivity index (χ2n) is 21.1. The molecule has 0 heterocycles. The zero-order valence-corrected chi connectivity index (χ0v) is 59.0. The number of guanidine groups is 1. The van der Waals surface area contributed by atoms with Crippen molar-refractivity contribution in [1.82, 2.24) is 53.5 Å². The van der Waals surface area contributed by atoms with Crippen LogP contribution in [-0.2, 0) is 47.9 Å². The van der Waals surface area contributed by atoms with Gasteiger partial charge in [-0.1, -0.05) is 201 Å². The van der Waals surface area contributed by atoms with Gasteiger partial charge in [0, 0.05) is 70.8 Å². The zero-order valence-electron chi connectivity index (χ0n) is 54.1. The van der Waals surface area contributed by atoms with E-state index in [9.17, 15) is 47.9 Å². The minimum Gasteiger partial charge on any atom is -0.370 e.